The van der Waals surface area contributed by atoms with Gasteiger partial charge < -0.3 is 21.9 Å². The smallest absolute Gasteiger partial charge is 0.320 e. The number of aliphatic carboxylic acids is 1. The molecule has 5 aromatic rings. The average Bonchev–Trinajstić information content (AvgIpc) is 3.61. The van der Waals surface area contributed by atoms with Crippen molar-refractivity contribution in [2.75, 3.05) is 11.1 Å². The molecule has 208 valence electrons. The van der Waals surface area contributed by atoms with Gasteiger partial charge in [-0.15, -0.1) is 11.3 Å². The van der Waals surface area contributed by atoms with Crippen molar-refractivity contribution in [2.24, 2.45) is 5.73 Å². The topological polar surface area (TPSA) is 175 Å². The van der Waals surface area contributed by atoms with E-state index in [2.05, 4.69) is 20.3 Å². The molecule has 0 spiro atoms. The van der Waals surface area contributed by atoms with E-state index in [-0.39, 0.29) is 36.2 Å². The van der Waals surface area contributed by atoms with Gasteiger partial charge in [-0.05, 0) is 31.2 Å². The first-order valence-corrected chi connectivity index (χ1v) is 13.6. The molecule has 0 radical (unpaired) electrons. The molecule has 0 saturated heterocycles. The maximum atomic E-state index is 14.5. The van der Waals surface area contributed by atoms with E-state index >= 15 is 0 Å². The summed E-state index contributed by atoms with van der Waals surface area (Å²) in [6.07, 6.45) is 0.00788. The normalized spacial score (nSPS) is 17.0. The third-order valence-corrected chi connectivity index (χ3v) is 8.40. The predicted octanol–water partition coefficient (Wildman–Crippen LogP) is 3.59. The summed E-state index contributed by atoms with van der Waals surface area (Å²) in [4.78, 5) is 38.1. The van der Waals surface area contributed by atoms with Crippen LogP contribution in [0.25, 0.3) is 22.4 Å². The molecule has 6 N–H and O–H groups in total. The van der Waals surface area contributed by atoms with Crippen molar-refractivity contribution < 1.29 is 19.1 Å². The van der Waals surface area contributed by atoms with Crippen LogP contribution in [0.1, 0.15) is 28.8 Å². The number of hydrogen-bond donors (Lipinski definition) is 4. The lowest BCUT2D eigenvalue weighted by atomic mass is 9.85. The first-order valence-electron chi connectivity index (χ1n) is 12.4. The second-order valence-corrected chi connectivity index (χ2v) is 11.1. The van der Waals surface area contributed by atoms with Crippen LogP contribution in [0.3, 0.4) is 0 Å². The Morgan fingerprint density at radius 1 is 1.24 bits per heavy atom. The van der Waals surface area contributed by atoms with Crippen molar-refractivity contribution in [1.82, 2.24) is 24.7 Å². The molecule has 41 heavy (non-hydrogen) atoms. The molecule has 11 nitrogen and oxygen atoms in total. The van der Waals surface area contributed by atoms with Crippen LogP contribution in [-0.4, -0.2) is 47.8 Å². The minimum Gasteiger partial charge on any atom is -0.480 e. The standard InChI is InChI=1S/C27H22ClFN8O3S/c1-27(26-32-14(11-41-26)9-17(30)24(38)39)19-21(31)33-23(34-22(19)35-25(27)40)20-15-7-6-13(28)8-18(15)37(36-20)10-12-4-2-3-5-16(12)29/h2-8,11,17H,9-10,30H2,1H3,(H,38,39)(H3,31,33,34,35,40)/t17-,27?/m1/s1. The molecule has 0 fully saturated rings. The van der Waals surface area contributed by atoms with Gasteiger partial charge in [-0.25, -0.2) is 19.3 Å². The van der Waals surface area contributed by atoms with Crippen molar-refractivity contribution in [3.63, 3.8) is 0 Å². The molecular weight excluding hydrogens is 571 g/mol. The molecule has 1 aliphatic rings. The molecule has 3 aromatic heterocycles. The van der Waals surface area contributed by atoms with Gasteiger partial charge >= 0.3 is 5.97 Å². The number of nitrogens with two attached hydrogens (primary N) is 2. The quantitative estimate of drug-likeness (QED) is 0.220. The minimum atomic E-state index is -1.31. The number of nitrogens with zero attached hydrogens (tertiary/aromatic N) is 5. The fourth-order valence-corrected chi connectivity index (χ4v) is 6.04. The van der Waals surface area contributed by atoms with Gasteiger partial charge in [0, 0.05) is 27.8 Å². The SMILES string of the molecule is CC1(c2nc(C[C@@H](N)C(=O)O)cs2)C(=O)Nc2nc(-c3nn(Cc4ccccc4F)c4cc(Cl)ccc34)nc(N)c21. The summed E-state index contributed by atoms with van der Waals surface area (Å²) in [6.45, 7) is 1.80. The van der Waals surface area contributed by atoms with Crippen LogP contribution in [0, 0.1) is 5.82 Å². The van der Waals surface area contributed by atoms with Crippen molar-refractivity contribution >= 4 is 57.4 Å². The van der Waals surface area contributed by atoms with Crippen LogP contribution in [-0.2, 0) is 28.0 Å². The Balaban J connectivity index is 1.42. The van der Waals surface area contributed by atoms with Gasteiger partial charge in [-0.1, -0.05) is 29.8 Å². The number of nitrogen functional groups attached to an aromatic ring is 1. The highest BCUT2D eigenvalue weighted by Gasteiger charge is 2.50. The van der Waals surface area contributed by atoms with Crippen LogP contribution >= 0.6 is 22.9 Å². The number of hydrogen-bond acceptors (Lipinski definition) is 9. The van der Waals surface area contributed by atoms with Gasteiger partial charge in [0.05, 0.1) is 23.3 Å². The highest BCUT2D eigenvalue weighted by atomic mass is 35.5. The number of halogens is 2. The lowest BCUT2D eigenvalue weighted by Gasteiger charge is -2.20. The van der Waals surface area contributed by atoms with Crippen molar-refractivity contribution in [2.45, 2.75) is 31.3 Å². The zero-order valence-electron chi connectivity index (χ0n) is 21.4. The average molecular weight is 593 g/mol. The van der Waals surface area contributed by atoms with E-state index in [4.69, 9.17) is 33.3 Å². The maximum absolute atomic E-state index is 14.5. The first kappa shape index (κ1) is 26.7. The minimum absolute atomic E-state index is 0.00788. The number of carbonyl (C=O) groups is 2. The molecule has 6 rings (SSSR count). The van der Waals surface area contributed by atoms with E-state index < -0.39 is 23.3 Å². The second-order valence-electron chi connectivity index (χ2n) is 9.79. The second kappa shape index (κ2) is 9.87. The van der Waals surface area contributed by atoms with E-state index in [0.717, 1.165) is 0 Å². The number of amides is 1. The molecule has 1 aliphatic heterocycles. The third-order valence-electron chi connectivity index (χ3n) is 7.05. The molecule has 14 heteroatoms. The molecule has 0 aliphatic carbocycles. The van der Waals surface area contributed by atoms with Crippen LogP contribution in [0.4, 0.5) is 16.0 Å². The Kier molecular flexibility index (Phi) is 6.44. The van der Waals surface area contributed by atoms with Crippen LogP contribution in [0.15, 0.2) is 47.8 Å². The zero-order chi connectivity index (χ0) is 29.1. The summed E-state index contributed by atoms with van der Waals surface area (Å²) in [7, 11) is 0. The number of carboxylic acid groups (broad SMARTS) is 1. The number of thiazole rings is 1. The van der Waals surface area contributed by atoms with Gasteiger partial charge in [-0.3, -0.25) is 14.3 Å². The molecule has 0 saturated carbocycles. The number of carbonyl (C=O) groups excluding carboxylic acids is 1. The van der Waals surface area contributed by atoms with E-state index in [1.54, 1.807) is 53.4 Å². The predicted molar refractivity (Wildman–Crippen MR) is 152 cm³/mol. The third kappa shape index (κ3) is 4.47. The fraction of sp³-hybridized carbons (Fsp3) is 0.185. The largest absolute Gasteiger partial charge is 0.480 e. The Morgan fingerprint density at radius 3 is 2.78 bits per heavy atom. The van der Waals surface area contributed by atoms with E-state index in [0.29, 0.717) is 43.4 Å². The lowest BCUT2D eigenvalue weighted by Crippen LogP contribution is -2.34. The summed E-state index contributed by atoms with van der Waals surface area (Å²) in [5, 5.41) is 19.8. The Morgan fingerprint density at radius 2 is 2.02 bits per heavy atom. The van der Waals surface area contributed by atoms with Gasteiger partial charge in [0.1, 0.15) is 39.6 Å². The number of anilines is 2. The van der Waals surface area contributed by atoms with Gasteiger partial charge in [0.25, 0.3) is 0 Å². The molecular formula is C27H22ClFN8O3S. The number of fused-ring (bicyclic) bond motifs is 2. The molecule has 0 bridgehead atoms. The molecule has 2 atom stereocenters. The summed E-state index contributed by atoms with van der Waals surface area (Å²) < 4.78 is 16.1. The van der Waals surface area contributed by atoms with Crippen LogP contribution in [0.5, 0.6) is 0 Å². The van der Waals surface area contributed by atoms with Gasteiger partial charge in [0.15, 0.2) is 5.82 Å². The molecule has 1 unspecified atom stereocenters. The number of rotatable bonds is 7. The number of carboxylic acids is 1. The number of benzene rings is 2. The van der Waals surface area contributed by atoms with Gasteiger partial charge in [0.2, 0.25) is 5.91 Å². The first-order chi connectivity index (χ1) is 19.6. The van der Waals surface area contributed by atoms with Crippen molar-refractivity contribution in [3.8, 4) is 11.5 Å². The zero-order valence-corrected chi connectivity index (χ0v) is 23.0. The maximum Gasteiger partial charge on any atom is 0.320 e. The Labute approximate surface area is 241 Å². The molecule has 1 amide bonds. The summed E-state index contributed by atoms with van der Waals surface area (Å²) in [6, 6.07) is 10.5. The van der Waals surface area contributed by atoms with Gasteiger partial charge in [-0.2, -0.15) is 5.10 Å². The highest BCUT2D eigenvalue weighted by molar-refractivity contribution is 7.10. The van der Waals surface area contributed by atoms with E-state index in [1.165, 1.54) is 17.4 Å². The van der Waals surface area contributed by atoms with Crippen LogP contribution in [0.2, 0.25) is 5.02 Å². The summed E-state index contributed by atoms with van der Waals surface area (Å²) >= 11 is 7.47. The number of nitrogens with one attached hydrogen (secondary N) is 1. The molecule has 4 heterocycles. The Bertz CT molecular complexity index is 1870. The lowest BCUT2D eigenvalue weighted by molar-refractivity contribution is -0.138. The molecule has 2 aromatic carbocycles. The summed E-state index contributed by atoms with van der Waals surface area (Å²) in [5.41, 5.74) is 13.1. The van der Waals surface area contributed by atoms with Crippen molar-refractivity contribution in [1.29, 1.82) is 0 Å². The highest BCUT2D eigenvalue weighted by Crippen LogP contribution is 2.46. The van der Waals surface area contributed by atoms with E-state index in [1.807, 2.05) is 0 Å². The van der Waals surface area contributed by atoms with Crippen molar-refractivity contribution in [3.05, 3.63) is 80.5 Å². The summed E-state index contributed by atoms with van der Waals surface area (Å²) in [5.74, 6) is -1.49. The number of aromatic nitrogens is 5. The fourth-order valence-electron chi connectivity index (χ4n) is 4.88. The monoisotopic (exact) mass is 592 g/mol. The van der Waals surface area contributed by atoms with E-state index in [9.17, 15) is 14.0 Å². The Hall–Kier alpha value is -4.46. The van der Waals surface area contributed by atoms with Crippen LogP contribution < -0.4 is 16.8 Å².